The van der Waals surface area contributed by atoms with Gasteiger partial charge in [0.05, 0.1) is 17.0 Å². The van der Waals surface area contributed by atoms with E-state index < -0.39 is 0 Å². The van der Waals surface area contributed by atoms with Gasteiger partial charge in [0, 0.05) is 25.1 Å². The lowest BCUT2D eigenvalue weighted by Gasteiger charge is -2.27. The summed E-state index contributed by atoms with van der Waals surface area (Å²) in [4.78, 5) is 27.5. The van der Waals surface area contributed by atoms with Gasteiger partial charge in [0.2, 0.25) is 0 Å². The van der Waals surface area contributed by atoms with Crippen LogP contribution in [0.2, 0.25) is 0 Å². The highest BCUT2D eigenvalue weighted by atomic mass is 32.1. The molecule has 3 N–H and O–H groups in total. The van der Waals surface area contributed by atoms with Crippen LogP contribution < -0.4 is 10.9 Å². The van der Waals surface area contributed by atoms with Gasteiger partial charge in [-0.25, -0.2) is 0 Å². The highest BCUT2D eigenvalue weighted by Crippen LogP contribution is 2.23. The Kier molecular flexibility index (Phi) is 4.82. The number of nitrogens with one attached hydrogen (secondary N) is 2. The molecule has 1 saturated carbocycles. The minimum absolute atomic E-state index is 0.112. The molecule has 1 fully saturated rings. The van der Waals surface area contributed by atoms with Crippen LogP contribution in [0.5, 0.6) is 0 Å². The molecule has 3 rings (SSSR count). The monoisotopic (exact) mass is 347 g/mol. The van der Waals surface area contributed by atoms with Gasteiger partial charge >= 0.3 is 0 Å². The van der Waals surface area contributed by atoms with E-state index in [-0.39, 0.29) is 23.5 Å². The quantitative estimate of drug-likeness (QED) is 0.740. The third kappa shape index (κ3) is 3.27. The van der Waals surface area contributed by atoms with Crippen LogP contribution in [-0.2, 0) is 7.05 Å². The van der Waals surface area contributed by atoms with Gasteiger partial charge < -0.3 is 15.4 Å². The molecule has 0 radical (unpaired) electrons. The van der Waals surface area contributed by atoms with E-state index >= 15 is 0 Å². The number of benzene rings is 1. The molecule has 1 aromatic carbocycles. The molecule has 0 spiro atoms. The zero-order valence-electron chi connectivity index (χ0n) is 13.5. The number of aromatic nitrogens is 2. The molecule has 1 amide bonds. The van der Waals surface area contributed by atoms with E-state index in [2.05, 4.69) is 10.3 Å². The Labute approximate surface area is 144 Å². The summed E-state index contributed by atoms with van der Waals surface area (Å²) < 4.78 is 1.68. The first-order valence-electron chi connectivity index (χ1n) is 8.16. The fourth-order valence-corrected chi connectivity index (χ4v) is 3.39. The third-order valence-electron chi connectivity index (χ3n) is 4.76. The fraction of sp³-hybridized carbons (Fsp3) is 0.471. The Balaban J connectivity index is 1.79. The molecule has 24 heavy (non-hydrogen) atoms. The number of fused-ring (bicyclic) bond motifs is 1. The second kappa shape index (κ2) is 6.86. The van der Waals surface area contributed by atoms with Crippen LogP contribution in [0.3, 0.4) is 0 Å². The van der Waals surface area contributed by atoms with Gasteiger partial charge in [0.25, 0.3) is 11.5 Å². The lowest BCUT2D eigenvalue weighted by atomic mass is 9.86. The van der Waals surface area contributed by atoms with Crippen molar-refractivity contribution in [2.75, 3.05) is 6.54 Å². The van der Waals surface area contributed by atoms with Crippen molar-refractivity contribution in [3.05, 3.63) is 38.9 Å². The second-order valence-corrected chi connectivity index (χ2v) is 6.76. The molecule has 0 bridgehead atoms. The van der Waals surface area contributed by atoms with Gasteiger partial charge in [-0.3, -0.25) is 14.2 Å². The maximum atomic E-state index is 12.4. The summed E-state index contributed by atoms with van der Waals surface area (Å²) in [6.07, 6.45) is 3.53. The van der Waals surface area contributed by atoms with E-state index in [1.54, 1.807) is 25.2 Å². The number of aromatic amines is 1. The summed E-state index contributed by atoms with van der Waals surface area (Å²) in [5, 5.41) is 13.3. The van der Waals surface area contributed by atoms with Crippen molar-refractivity contribution >= 4 is 29.0 Å². The first-order chi connectivity index (χ1) is 11.5. The topological polar surface area (TPSA) is 87.1 Å². The molecule has 2 atom stereocenters. The summed E-state index contributed by atoms with van der Waals surface area (Å²) in [5.41, 5.74) is 0.825. The molecule has 1 aliphatic rings. The normalized spacial score (nSPS) is 20.9. The van der Waals surface area contributed by atoms with E-state index in [0.717, 1.165) is 25.7 Å². The molecule has 0 saturated heterocycles. The highest BCUT2D eigenvalue weighted by Gasteiger charge is 2.23. The standard InChI is InChI=1S/C17H21N3O3S/c1-20-16(23)12-7-6-10(8-13(12)19-17(20)24)15(22)18-9-11-4-2-3-5-14(11)21/h6-8,11,14,21H,2-5,9H2,1H3,(H,18,22)(H,19,24)/t11-,14+/m0/s1. The Hall–Kier alpha value is -1.99. The third-order valence-corrected chi connectivity index (χ3v) is 5.13. The number of rotatable bonds is 3. The molecule has 6 nitrogen and oxygen atoms in total. The van der Waals surface area contributed by atoms with Crippen molar-refractivity contribution in [3.8, 4) is 0 Å². The molecular formula is C17H21N3O3S. The number of carbonyl (C=O) groups excluding carboxylic acids is 1. The molecule has 0 unspecified atom stereocenters. The molecule has 128 valence electrons. The average Bonchev–Trinajstić information content (AvgIpc) is 2.58. The Bertz CT molecular complexity index is 887. The lowest BCUT2D eigenvalue weighted by Crippen LogP contribution is -2.36. The minimum Gasteiger partial charge on any atom is -0.393 e. The maximum Gasteiger partial charge on any atom is 0.261 e. The van der Waals surface area contributed by atoms with Gasteiger partial charge in [0.15, 0.2) is 4.77 Å². The number of H-pyrrole nitrogens is 1. The van der Waals surface area contributed by atoms with E-state index in [0.29, 0.717) is 27.8 Å². The summed E-state index contributed by atoms with van der Waals surface area (Å²) >= 11 is 5.11. The summed E-state index contributed by atoms with van der Waals surface area (Å²) in [6.45, 7) is 0.463. The molecule has 7 heteroatoms. The van der Waals surface area contributed by atoms with Crippen LogP contribution in [0, 0.1) is 10.7 Å². The predicted molar refractivity (Wildman–Crippen MR) is 94.7 cm³/mol. The highest BCUT2D eigenvalue weighted by molar-refractivity contribution is 7.71. The van der Waals surface area contributed by atoms with Gasteiger partial charge in [-0.15, -0.1) is 0 Å². The number of carbonyl (C=O) groups is 1. The van der Waals surface area contributed by atoms with Gasteiger partial charge in [-0.05, 0) is 43.3 Å². The predicted octanol–water partition coefficient (Wildman–Crippen LogP) is 1.88. The van der Waals surface area contributed by atoms with Gasteiger partial charge in [0.1, 0.15) is 0 Å². The molecule has 0 aliphatic heterocycles. The van der Waals surface area contributed by atoms with Crippen molar-refractivity contribution in [2.24, 2.45) is 13.0 Å². The average molecular weight is 347 g/mol. The molecule has 1 heterocycles. The molecule has 2 aromatic rings. The molecule has 1 aliphatic carbocycles. The van der Waals surface area contributed by atoms with Gasteiger partial charge in [-0.2, -0.15) is 0 Å². The summed E-state index contributed by atoms with van der Waals surface area (Å²) in [6, 6.07) is 4.90. The Morgan fingerprint density at radius 2 is 2.17 bits per heavy atom. The summed E-state index contributed by atoms with van der Waals surface area (Å²) in [7, 11) is 1.61. The van der Waals surface area contributed by atoms with Crippen LogP contribution in [0.4, 0.5) is 0 Å². The first kappa shape index (κ1) is 16.9. The Morgan fingerprint density at radius 3 is 2.92 bits per heavy atom. The zero-order valence-corrected chi connectivity index (χ0v) is 14.4. The SMILES string of the molecule is Cn1c(=S)[nH]c2cc(C(=O)NC[C@@H]3CCCC[C@H]3O)ccc2c1=O. The van der Waals surface area contributed by atoms with E-state index in [9.17, 15) is 14.7 Å². The number of nitrogens with zero attached hydrogens (tertiary/aromatic N) is 1. The number of aliphatic hydroxyl groups excluding tert-OH is 1. The first-order valence-corrected chi connectivity index (χ1v) is 8.57. The van der Waals surface area contributed by atoms with Crippen molar-refractivity contribution < 1.29 is 9.90 Å². The summed E-state index contributed by atoms with van der Waals surface area (Å²) in [5.74, 6) is -0.101. The van der Waals surface area contributed by atoms with Crippen LogP contribution in [-0.4, -0.2) is 33.2 Å². The van der Waals surface area contributed by atoms with Crippen LogP contribution >= 0.6 is 12.2 Å². The smallest absolute Gasteiger partial charge is 0.261 e. The van der Waals surface area contributed by atoms with Gasteiger partial charge in [-0.1, -0.05) is 12.8 Å². The van der Waals surface area contributed by atoms with Crippen molar-refractivity contribution in [2.45, 2.75) is 31.8 Å². The zero-order chi connectivity index (χ0) is 17.3. The van der Waals surface area contributed by atoms with Crippen LogP contribution in [0.15, 0.2) is 23.0 Å². The number of hydrogen-bond acceptors (Lipinski definition) is 4. The van der Waals surface area contributed by atoms with Crippen molar-refractivity contribution in [3.63, 3.8) is 0 Å². The minimum atomic E-state index is -0.338. The van der Waals surface area contributed by atoms with Crippen molar-refractivity contribution in [1.29, 1.82) is 0 Å². The number of aliphatic hydroxyl groups is 1. The maximum absolute atomic E-state index is 12.4. The Morgan fingerprint density at radius 1 is 1.42 bits per heavy atom. The fourth-order valence-electron chi connectivity index (χ4n) is 3.20. The largest absolute Gasteiger partial charge is 0.393 e. The number of amides is 1. The lowest BCUT2D eigenvalue weighted by molar-refractivity contribution is 0.0663. The molecule has 1 aromatic heterocycles. The van der Waals surface area contributed by atoms with E-state index in [4.69, 9.17) is 12.2 Å². The van der Waals surface area contributed by atoms with E-state index in [1.807, 2.05) is 0 Å². The second-order valence-electron chi connectivity index (χ2n) is 6.38. The number of hydrogen-bond donors (Lipinski definition) is 3. The molecular weight excluding hydrogens is 326 g/mol. The van der Waals surface area contributed by atoms with Crippen LogP contribution in [0.25, 0.3) is 10.9 Å². The van der Waals surface area contributed by atoms with Crippen molar-refractivity contribution in [1.82, 2.24) is 14.9 Å². The van der Waals surface area contributed by atoms with E-state index in [1.165, 1.54) is 4.57 Å². The van der Waals surface area contributed by atoms with Crippen LogP contribution in [0.1, 0.15) is 36.0 Å².